The monoisotopic (exact) mass is 297 g/mol. The maximum absolute atomic E-state index is 13.4. The molecule has 0 saturated heterocycles. The smallest absolute Gasteiger partial charge is 0.146 e. The zero-order valence-electron chi connectivity index (χ0n) is 8.88. The molecule has 2 rings (SSSR count). The van der Waals surface area contributed by atoms with Gasteiger partial charge < -0.3 is 5.32 Å². The first-order valence-corrected chi connectivity index (χ1v) is 5.88. The summed E-state index contributed by atoms with van der Waals surface area (Å²) in [6, 6.07) is 11.0. The lowest BCUT2D eigenvalue weighted by molar-refractivity contribution is 0.610. The van der Waals surface area contributed by atoms with Crippen LogP contribution in [-0.4, -0.2) is 0 Å². The van der Waals surface area contributed by atoms with Gasteiger partial charge in [-0.1, -0.05) is 34.1 Å². The third-order valence-corrected chi connectivity index (χ3v) is 2.85. The van der Waals surface area contributed by atoms with Crippen molar-refractivity contribution in [3.63, 3.8) is 0 Å². The van der Waals surface area contributed by atoms with Crippen LogP contribution in [0.1, 0.15) is 5.56 Å². The molecule has 1 N–H and O–H groups in total. The molecule has 4 heteroatoms. The average molecular weight is 298 g/mol. The Kier molecular flexibility index (Phi) is 3.74. The molecule has 2 aromatic rings. The van der Waals surface area contributed by atoms with Crippen molar-refractivity contribution in [2.45, 2.75) is 6.54 Å². The highest BCUT2D eigenvalue weighted by molar-refractivity contribution is 9.10. The van der Waals surface area contributed by atoms with E-state index in [-0.39, 0.29) is 18.2 Å². The molecule has 1 nitrogen and oxygen atoms in total. The minimum absolute atomic E-state index is 0.250. The van der Waals surface area contributed by atoms with Gasteiger partial charge in [0.1, 0.15) is 11.6 Å². The van der Waals surface area contributed by atoms with E-state index in [4.69, 9.17) is 0 Å². The van der Waals surface area contributed by atoms with E-state index in [2.05, 4.69) is 21.2 Å². The van der Waals surface area contributed by atoms with Crippen LogP contribution >= 0.6 is 15.9 Å². The van der Waals surface area contributed by atoms with E-state index in [1.54, 1.807) is 30.3 Å². The third-order valence-electron chi connectivity index (χ3n) is 2.36. The van der Waals surface area contributed by atoms with Crippen molar-refractivity contribution in [2.24, 2.45) is 0 Å². The summed E-state index contributed by atoms with van der Waals surface area (Å²) in [7, 11) is 0. The lowest BCUT2D eigenvalue weighted by Crippen LogP contribution is -2.03. The molecule has 0 aliphatic carbocycles. The number of hydrogen-bond acceptors (Lipinski definition) is 1. The quantitative estimate of drug-likeness (QED) is 0.889. The van der Waals surface area contributed by atoms with Crippen LogP contribution in [0.25, 0.3) is 0 Å². The van der Waals surface area contributed by atoms with E-state index < -0.39 is 0 Å². The number of benzene rings is 2. The molecule has 0 unspecified atom stereocenters. The van der Waals surface area contributed by atoms with Crippen molar-refractivity contribution < 1.29 is 8.78 Å². The second kappa shape index (κ2) is 5.27. The van der Waals surface area contributed by atoms with Crippen LogP contribution in [0.15, 0.2) is 46.9 Å². The van der Waals surface area contributed by atoms with Crippen LogP contribution in [0, 0.1) is 11.6 Å². The highest BCUT2D eigenvalue weighted by Crippen LogP contribution is 2.21. The number of hydrogen-bond donors (Lipinski definition) is 1. The molecule has 0 fully saturated rings. The number of nitrogens with one attached hydrogen (secondary N) is 1. The van der Waals surface area contributed by atoms with Crippen molar-refractivity contribution in [3.05, 3.63) is 64.1 Å². The van der Waals surface area contributed by atoms with Gasteiger partial charge >= 0.3 is 0 Å². The Morgan fingerprint density at radius 2 is 1.76 bits per heavy atom. The Morgan fingerprint density at radius 1 is 1.00 bits per heavy atom. The molecule has 0 aromatic heterocycles. The van der Waals surface area contributed by atoms with Crippen LogP contribution in [0.4, 0.5) is 14.5 Å². The SMILES string of the molecule is Fc1ccccc1CNc1cc(Br)ccc1F. The van der Waals surface area contributed by atoms with E-state index in [0.29, 0.717) is 11.3 Å². The van der Waals surface area contributed by atoms with Gasteiger partial charge in [-0.2, -0.15) is 0 Å². The van der Waals surface area contributed by atoms with Crippen LogP contribution in [-0.2, 0) is 6.54 Å². The molecule has 0 heterocycles. The molecular weight excluding hydrogens is 288 g/mol. The summed E-state index contributed by atoms with van der Waals surface area (Å²) in [6.45, 7) is 0.250. The maximum Gasteiger partial charge on any atom is 0.146 e. The second-order valence-electron chi connectivity index (χ2n) is 3.57. The van der Waals surface area contributed by atoms with Crippen molar-refractivity contribution >= 4 is 21.6 Å². The highest BCUT2D eigenvalue weighted by Gasteiger charge is 2.04. The lowest BCUT2D eigenvalue weighted by Gasteiger charge is -2.08. The predicted molar refractivity (Wildman–Crippen MR) is 67.8 cm³/mol. The average Bonchev–Trinajstić information content (AvgIpc) is 2.32. The highest BCUT2D eigenvalue weighted by atomic mass is 79.9. The van der Waals surface area contributed by atoms with Gasteiger partial charge in [-0.15, -0.1) is 0 Å². The molecule has 88 valence electrons. The van der Waals surface area contributed by atoms with E-state index in [9.17, 15) is 8.78 Å². The summed E-state index contributed by atoms with van der Waals surface area (Å²) in [4.78, 5) is 0. The topological polar surface area (TPSA) is 12.0 Å². The number of anilines is 1. The Morgan fingerprint density at radius 3 is 2.53 bits per heavy atom. The standard InChI is InChI=1S/C13H10BrF2N/c14-10-5-6-12(16)13(7-10)17-8-9-3-1-2-4-11(9)15/h1-7,17H,8H2. The minimum Gasteiger partial charge on any atom is -0.378 e. The van der Waals surface area contributed by atoms with E-state index in [0.717, 1.165) is 4.47 Å². The largest absolute Gasteiger partial charge is 0.378 e. The lowest BCUT2D eigenvalue weighted by atomic mass is 10.2. The molecule has 0 spiro atoms. The zero-order valence-corrected chi connectivity index (χ0v) is 10.5. The molecule has 2 aromatic carbocycles. The minimum atomic E-state index is -0.357. The molecule has 0 bridgehead atoms. The zero-order chi connectivity index (χ0) is 12.3. The summed E-state index contributed by atoms with van der Waals surface area (Å²) < 4.78 is 27.5. The van der Waals surface area contributed by atoms with Gasteiger partial charge in [-0.25, -0.2) is 8.78 Å². The van der Waals surface area contributed by atoms with Crippen molar-refractivity contribution in [3.8, 4) is 0 Å². The predicted octanol–water partition coefficient (Wildman–Crippen LogP) is 4.34. The van der Waals surface area contributed by atoms with Gasteiger partial charge in [0.25, 0.3) is 0 Å². The number of rotatable bonds is 3. The van der Waals surface area contributed by atoms with Gasteiger partial charge in [0.05, 0.1) is 5.69 Å². The third kappa shape index (κ3) is 3.03. The Labute approximate surface area is 107 Å². The molecule has 0 saturated carbocycles. The summed E-state index contributed by atoms with van der Waals surface area (Å²) in [6.07, 6.45) is 0. The molecule has 0 radical (unpaired) electrons. The normalized spacial score (nSPS) is 10.3. The molecule has 0 atom stereocenters. The summed E-state index contributed by atoms with van der Waals surface area (Å²) in [5, 5.41) is 2.87. The van der Waals surface area contributed by atoms with Crippen LogP contribution in [0.2, 0.25) is 0 Å². The molecule has 0 aliphatic heterocycles. The van der Waals surface area contributed by atoms with E-state index in [1.165, 1.54) is 12.1 Å². The first-order valence-electron chi connectivity index (χ1n) is 5.09. The summed E-state index contributed by atoms with van der Waals surface area (Å²) >= 11 is 3.26. The van der Waals surface area contributed by atoms with E-state index >= 15 is 0 Å². The van der Waals surface area contributed by atoms with Gasteiger partial charge in [0.15, 0.2) is 0 Å². The molecule has 0 aliphatic rings. The Balaban J connectivity index is 2.12. The second-order valence-corrected chi connectivity index (χ2v) is 4.48. The Hall–Kier alpha value is -1.42. The van der Waals surface area contributed by atoms with Crippen LogP contribution in [0.5, 0.6) is 0 Å². The van der Waals surface area contributed by atoms with Gasteiger partial charge in [-0.3, -0.25) is 0 Å². The molecule has 0 amide bonds. The Bertz CT molecular complexity index is 529. The fraction of sp³-hybridized carbons (Fsp3) is 0.0769. The summed E-state index contributed by atoms with van der Waals surface area (Å²) in [5.41, 5.74) is 0.856. The van der Waals surface area contributed by atoms with Crippen molar-refractivity contribution in [1.29, 1.82) is 0 Å². The van der Waals surface area contributed by atoms with Gasteiger partial charge in [0.2, 0.25) is 0 Å². The maximum atomic E-state index is 13.4. The fourth-order valence-electron chi connectivity index (χ4n) is 1.47. The first-order chi connectivity index (χ1) is 8.16. The fourth-order valence-corrected chi connectivity index (χ4v) is 1.83. The van der Waals surface area contributed by atoms with Gasteiger partial charge in [-0.05, 0) is 24.3 Å². The summed E-state index contributed by atoms with van der Waals surface area (Å²) in [5.74, 6) is -0.653. The first kappa shape index (κ1) is 12.0. The number of halogens is 3. The van der Waals surface area contributed by atoms with Crippen LogP contribution < -0.4 is 5.32 Å². The van der Waals surface area contributed by atoms with Crippen molar-refractivity contribution in [2.75, 3.05) is 5.32 Å². The molecular formula is C13H10BrF2N. The molecule has 17 heavy (non-hydrogen) atoms. The van der Waals surface area contributed by atoms with Crippen molar-refractivity contribution in [1.82, 2.24) is 0 Å². The van der Waals surface area contributed by atoms with E-state index in [1.807, 2.05) is 0 Å². The van der Waals surface area contributed by atoms with Gasteiger partial charge in [0, 0.05) is 16.6 Å². The van der Waals surface area contributed by atoms with Crippen LogP contribution in [0.3, 0.4) is 0 Å².